The van der Waals surface area contributed by atoms with E-state index in [0.29, 0.717) is 34.6 Å². The second-order valence-corrected chi connectivity index (χ2v) is 8.20. The summed E-state index contributed by atoms with van der Waals surface area (Å²) < 4.78 is 7.14. The van der Waals surface area contributed by atoms with Crippen molar-refractivity contribution in [3.05, 3.63) is 100 Å². The fraction of sp³-hybridized carbons (Fsp3) is 0.250. The number of aromatic nitrogens is 2. The zero-order valence-corrected chi connectivity index (χ0v) is 20.0. The van der Waals surface area contributed by atoms with E-state index in [-0.39, 0.29) is 11.5 Å². The molecule has 0 saturated carbocycles. The summed E-state index contributed by atoms with van der Waals surface area (Å²) in [4.78, 5) is 33.3. The molecule has 0 bridgehead atoms. The molecule has 0 N–H and O–H groups in total. The van der Waals surface area contributed by atoms with Crippen molar-refractivity contribution in [3.63, 3.8) is 0 Å². The minimum atomic E-state index is -0.456. The quantitative estimate of drug-likeness (QED) is 0.385. The van der Waals surface area contributed by atoms with Crippen molar-refractivity contribution >= 4 is 16.8 Å². The molecule has 6 nitrogen and oxygen atoms in total. The van der Waals surface area contributed by atoms with Crippen LogP contribution in [0.1, 0.15) is 48.6 Å². The molecule has 4 aromatic rings. The molecule has 1 aromatic heterocycles. The molecule has 0 radical (unpaired) electrons. The number of nitrogens with zero attached hydrogens (tertiary/aromatic N) is 3. The van der Waals surface area contributed by atoms with Gasteiger partial charge in [0.25, 0.3) is 11.5 Å². The van der Waals surface area contributed by atoms with Crippen molar-refractivity contribution < 1.29 is 9.53 Å². The molecule has 0 aliphatic carbocycles. The van der Waals surface area contributed by atoms with Gasteiger partial charge in [0, 0.05) is 12.6 Å². The Bertz CT molecular complexity index is 1360. The van der Waals surface area contributed by atoms with Crippen LogP contribution in [0.25, 0.3) is 16.6 Å². The Labute approximate surface area is 199 Å². The van der Waals surface area contributed by atoms with Gasteiger partial charge in [-0.2, -0.15) is 0 Å². The minimum Gasteiger partial charge on any atom is -0.494 e. The fourth-order valence-corrected chi connectivity index (χ4v) is 3.97. The van der Waals surface area contributed by atoms with Crippen LogP contribution in [0.3, 0.4) is 0 Å². The number of carbonyl (C=O) groups is 1. The van der Waals surface area contributed by atoms with Crippen molar-refractivity contribution in [1.82, 2.24) is 14.5 Å². The predicted molar refractivity (Wildman–Crippen MR) is 135 cm³/mol. The van der Waals surface area contributed by atoms with Crippen LogP contribution < -0.4 is 10.3 Å². The highest BCUT2D eigenvalue weighted by atomic mass is 16.5. The molecule has 34 heavy (non-hydrogen) atoms. The number of hydrogen-bond donors (Lipinski definition) is 0. The smallest absolute Gasteiger partial charge is 0.266 e. The molecule has 0 aliphatic heterocycles. The third-order valence-electron chi connectivity index (χ3n) is 6.09. The summed E-state index contributed by atoms with van der Waals surface area (Å²) in [5, 5.41) is 0.525. The largest absolute Gasteiger partial charge is 0.494 e. The number of fused-ring (bicyclic) bond motifs is 1. The molecule has 1 heterocycles. The number of hydrogen-bond acceptors (Lipinski definition) is 4. The first kappa shape index (κ1) is 23.2. The van der Waals surface area contributed by atoms with Crippen molar-refractivity contribution in [3.8, 4) is 11.4 Å². The lowest BCUT2D eigenvalue weighted by Gasteiger charge is -2.27. The van der Waals surface area contributed by atoms with Crippen LogP contribution in [0, 0.1) is 0 Å². The van der Waals surface area contributed by atoms with Gasteiger partial charge in [-0.3, -0.25) is 14.2 Å². The van der Waals surface area contributed by atoms with Crippen LogP contribution in [0.15, 0.2) is 77.6 Å². The van der Waals surface area contributed by atoms with Gasteiger partial charge in [-0.25, -0.2) is 4.98 Å². The number of amides is 1. The van der Waals surface area contributed by atoms with Crippen molar-refractivity contribution in [1.29, 1.82) is 0 Å². The van der Waals surface area contributed by atoms with Crippen molar-refractivity contribution in [2.75, 3.05) is 13.7 Å². The Morgan fingerprint density at radius 1 is 1.00 bits per heavy atom. The van der Waals surface area contributed by atoms with Gasteiger partial charge in [0.1, 0.15) is 11.6 Å². The van der Waals surface area contributed by atoms with Gasteiger partial charge >= 0.3 is 0 Å². The summed E-state index contributed by atoms with van der Waals surface area (Å²) in [5.41, 5.74) is 2.87. The van der Waals surface area contributed by atoms with E-state index in [2.05, 4.69) is 6.92 Å². The molecule has 1 atom stereocenters. The maximum Gasteiger partial charge on any atom is 0.266 e. The number of ether oxygens (including phenoxy) is 1. The van der Waals surface area contributed by atoms with Gasteiger partial charge in [0.2, 0.25) is 0 Å². The zero-order valence-electron chi connectivity index (χ0n) is 20.0. The van der Waals surface area contributed by atoms with Crippen LogP contribution in [-0.4, -0.2) is 34.0 Å². The average molecular weight is 456 g/mol. The number of aryl methyl sites for hydroxylation is 1. The number of carbonyl (C=O) groups excluding carboxylic acids is 1. The lowest BCUT2D eigenvalue weighted by atomic mass is 10.1. The SMILES string of the molecule is CCOc1ccc(-n2c(C(C)N(C)C(=O)c3ccc(CC)cc3)nc3ccccc3c2=O)cc1. The molecular weight excluding hydrogens is 426 g/mol. The topological polar surface area (TPSA) is 64.4 Å². The van der Waals surface area contributed by atoms with Crippen LogP contribution >= 0.6 is 0 Å². The normalized spacial score (nSPS) is 11.9. The third kappa shape index (κ3) is 4.44. The summed E-state index contributed by atoms with van der Waals surface area (Å²) in [6.07, 6.45) is 0.913. The van der Waals surface area contributed by atoms with Crippen LogP contribution in [0.2, 0.25) is 0 Å². The molecule has 6 heteroatoms. The van der Waals surface area contributed by atoms with Crippen molar-refractivity contribution in [2.45, 2.75) is 33.2 Å². The van der Waals surface area contributed by atoms with Gasteiger partial charge in [-0.1, -0.05) is 31.2 Å². The highest BCUT2D eigenvalue weighted by Gasteiger charge is 2.25. The monoisotopic (exact) mass is 455 g/mol. The summed E-state index contributed by atoms with van der Waals surface area (Å²) in [6.45, 7) is 6.45. The Balaban J connectivity index is 1.80. The Hall–Kier alpha value is -3.93. The van der Waals surface area contributed by atoms with E-state index in [0.717, 1.165) is 12.2 Å². The Morgan fingerprint density at radius 3 is 2.32 bits per heavy atom. The highest BCUT2D eigenvalue weighted by Crippen LogP contribution is 2.24. The van der Waals surface area contributed by atoms with E-state index >= 15 is 0 Å². The van der Waals surface area contributed by atoms with E-state index in [1.807, 2.05) is 80.6 Å². The highest BCUT2D eigenvalue weighted by molar-refractivity contribution is 5.94. The minimum absolute atomic E-state index is 0.129. The first-order valence-corrected chi connectivity index (χ1v) is 11.6. The van der Waals surface area contributed by atoms with Crippen LogP contribution in [0.4, 0.5) is 0 Å². The number of para-hydroxylation sites is 1. The lowest BCUT2D eigenvalue weighted by molar-refractivity contribution is 0.0735. The first-order valence-electron chi connectivity index (χ1n) is 11.6. The standard InChI is InChI=1S/C28H29N3O3/c1-5-20-11-13-21(14-12-20)27(32)30(4)19(3)26-29-25-10-8-7-9-24(25)28(33)31(26)22-15-17-23(18-16-22)34-6-2/h7-19H,5-6H2,1-4H3. The van der Waals surface area contributed by atoms with Gasteiger partial charge in [-0.05, 0) is 74.4 Å². The molecule has 0 saturated heterocycles. The molecule has 1 amide bonds. The summed E-state index contributed by atoms with van der Waals surface area (Å²) in [7, 11) is 1.74. The second-order valence-electron chi connectivity index (χ2n) is 8.20. The van der Waals surface area contributed by atoms with Gasteiger partial charge in [-0.15, -0.1) is 0 Å². The average Bonchev–Trinajstić information content (AvgIpc) is 2.88. The number of rotatable bonds is 7. The fourth-order valence-electron chi connectivity index (χ4n) is 3.97. The van der Waals surface area contributed by atoms with E-state index in [1.165, 1.54) is 5.56 Å². The van der Waals surface area contributed by atoms with Gasteiger partial charge < -0.3 is 9.64 Å². The molecule has 1 unspecified atom stereocenters. The predicted octanol–water partition coefficient (Wildman–Crippen LogP) is 5.18. The maximum absolute atomic E-state index is 13.6. The van der Waals surface area contributed by atoms with E-state index in [9.17, 15) is 9.59 Å². The first-order chi connectivity index (χ1) is 16.4. The van der Waals surface area contributed by atoms with Crippen molar-refractivity contribution in [2.24, 2.45) is 0 Å². The van der Waals surface area contributed by atoms with Crippen LogP contribution in [-0.2, 0) is 6.42 Å². The van der Waals surface area contributed by atoms with E-state index in [4.69, 9.17) is 9.72 Å². The Kier molecular flexibility index (Phi) is 6.77. The molecule has 0 fully saturated rings. The van der Waals surface area contributed by atoms with E-state index in [1.54, 1.807) is 22.6 Å². The maximum atomic E-state index is 13.6. The van der Waals surface area contributed by atoms with Gasteiger partial charge in [0.05, 0.1) is 29.2 Å². The summed E-state index contributed by atoms with van der Waals surface area (Å²) in [6, 6.07) is 21.8. The third-order valence-corrected chi connectivity index (χ3v) is 6.09. The number of benzene rings is 3. The molecule has 4 rings (SSSR count). The molecule has 3 aromatic carbocycles. The zero-order chi connectivity index (χ0) is 24.2. The molecule has 0 aliphatic rings. The van der Waals surface area contributed by atoms with Gasteiger partial charge in [0.15, 0.2) is 0 Å². The van der Waals surface area contributed by atoms with E-state index < -0.39 is 6.04 Å². The molecule has 174 valence electrons. The molecule has 0 spiro atoms. The summed E-state index contributed by atoms with van der Waals surface area (Å²) >= 11 is 0. The molecular formula is C28H29N3O3. The van der Waals surface area contributed by atoms with Crippen LogP contribution in [0.5, 0.6) is 5.75 Å². The summed E-state index contributed by atoms with van der Waals surface area (Å²) in [5.74, 6) is 1.09. The Morgan fingerprint density at radius 2 is 1.68 bits per heavy atom. The lowest BCUT2D eigenvalue weighted by Crippen LogP contribution is -2.34. The second kappa shape index (κ2) is 9.91.